The normalized spacial score (nSPS) is 17.8. The molecule has 0 saturated heterocycles. The zero-order valence-electron chi connectivity index (χ0n) is 10.6. The summed E-state index contributed by atoms with van der Waals surface area (Å²) in [4.78, 5) is 0. The highest BCUT2D eigenvalue weighted by molar-refractivity contribution is 5.45. The lowest BCUT2D eigenvalue weighted by atomic mass is 10.0. The molecule has 2 heteroatoms. The Labute approximate surface area is 103 Å². The van der Waals surface area contributed by atoms with E-state index < -0.39 is 0 Å². The first-order valence-electron chi connectivity index (χ1n) is 6.76. The molecule has 1 aromatic carbocycles. The molecule has 0 radical (unpaired) electrons. The van der Waals surface area contributed by atoms with Crippen molar-refractivity contribution < 1.29 is 4.39 Å². The van der Waals surface area contributed by atoms with Crippen molar-refractivity contribution in [3.05, 3.63) is 29.6 Å². The van der Waals surface area contributed by atoms with Crippen LogP contribution in [0.1, 0.15) is 44.1 Å². The van der Waals surface area contributed by atoms with Gasteiger partial charge in [-0.05, 0) is 49.4 Å². The van der Waals surface area contributed by atoms with Gasteiger partial charge in [0.25, 0.3) is 0 Å². The fraction of sp³-hybridized carbons (Fsp3) is 0.600. The van der Waals surface area contributed by atoms with E-state index in [-0.39, 0.29) is 5.82 Å². The summed E-state index contributed by atoms with van der Waals surface area (Å²) in [6, 6.07) is 5.27. The average Bonchev–Trinajstić information content (AvgIpc) is 2.59. The second-order valence-corrected chi connectivity index (χ2v) is 5.20. The Morgan fingerprint density at radius 3 is 2.53 bits per heavy atom. The molecule has 2 rings (SSSR count). The molecule has 0 unspecified atom stereocenters. The minimum atomic E-state index is -0.120. The molecule has 1 N–H and O–H groups in total. The van der Waals surface area contributed by atoms with E-state index in [1.807, 2.05) is 19.1 Å². The van der Waals surface area contributed by atoms with Gasteiger partial charge in [-0.2, -0.15) is 0 Å². The first-order chi connectivity index (χ1) is 8.25. The number of nitrogens with one attached hydrogen (secondary N) is 1. The lowest BCUT2D eigenvalue weighted by Crippen LogP contribution is -2.13. The average molecular weight is 235 g/mol. The fourth-order valence-corrected chi connectivity index (χ4v) is 2.58. The van der Waals surface area contributed by atoms with E-state index in [0.29, 0.717) is 0 Å². The number of rotatable bonds is 3. The Morgan fingerprint density at radius 1 is 1.18 bits per heavy atom. The second-order valence-electron chi connectivity index (χ2n) is 5.20. The maximum absolute atomic E-state index is 13.1. The van der Waals surface area contributed by atoms with Crippen LogP contribution in [0.25, 0.3) is 0 Å². The smallest absolute Gasteiger partial charge is 0.126 e. The van der Waals surface area contributed by atoms with Crippen LogP contribution in [0, 0.1) is 18.7 Å². The van der Waals surface area contributed by atoms with Crippen molar-refractivity contribution in [2.45, 2.75) is 45.4 Å². The molecule has 1 saturated carbocycles. The van der Waals surface area contributed by atoms with Gasteiger partial charge in [0.2, 0.25) is 0 Å². The Morgan fingerprint density at radius 2 is 1.88 bits per heavy atom. The van der Waals surface area contributed by atoms with E-state index in [1.54, 1.807) is 6.07 Å². The van der Waals surface area contributed by atoms with Gasteiger partial charge in [0.05, 0.1) is 0 Å². The van der Waals surface area contributed by atoms with Crippen molar-refractivity contribution in [1.82, 2.24) is 0 Å². The van der Waals surface area contributed by atoms with Gasteiger partial charge in [0.1, 0.15) is 5.82 Å². The summed E-state index contributed by atoms with van der Waals surface area (Å²) in [6.07, 6.45) is 8.21. The van der Waals surface area contributed by atoms with Crippen LogP contribution in [-0.2, 0) is 0 Å². The molecule has 0 spiro atoms. The van der Waals surface area contributed by atoms with Gasteiger partial charge in [-0.1, -0.05) is 25.7 Å². The number of hydrogen-bond donors (Lipinski definition) is 1. The third-order valence-corrected chi connectivity index (χ3v) is 3.73. The lowest BCUT2D eigenvalue weighted by molar-refractivity contribution is 0.483. The van der Waals surface area contributed by atoms with Crippen LogP contribution in [0.3, 0.4) is 0 Å². The van der Waals surface area contributed by atoms with Crippen molar-refractivity contribution in [1.29, 1.82) is 0 Å². The van der Waals surface area contributed by atoms with Gasteiger partial charge in [0.15, 0.2) is 0 Å². The first-order valence-corrected chi connectivity index (χ1v) is 6.76. The maximum Gasteiger partial charge on any atom is 0.126 e. The highest BCUT2D eigenvalue weighted by Crippen LogP contribution is 2.23. The number of halogens is 1. The van der Waals surface area contributed by atoms with Gasteiger partial charge < -0.3 is 5.32 Å². The van der Waals surface area contributed by atoms with E-state index in [2.05, 4.69) is 5.32 Å². The van der Waals surface area contributed by atoms with Crippen LogP contribution >= 0.6 is 0 Å². The minimum absolute atomic E-state index is 0.120. The molecule has 0 heterocycles. The topological polar surface area (TPSA) is 12.0 Å². The molecule has 0 amide bonds. The summed E-state index contributed by atoms with van der Waals surface area (Å²) in [5, 5.41) is 3.44. The van der Waals surface area contributed by atoms with Crippen LogP contribution in [0.5, 0.6) is 0 Å². The second kappa shape index (κ2) is 6.04. The Balaban J connectivity index is 1.85. The van der Waals surface area contributed by atoms with Crippen molar-refractivity contribution in [2.24, 2.45) is 5.92 Å². The Hall–Kier alpha value is -1.05. The number of hydrogen-bond acceptors (Lipinski definition) is 1. The summed E-state index contributed by atoms with van der Waals surface area (Å²) < 4.78 is 13.1. The molecular formula is C15H22FN. The molecule has 94 valence electrons. The molecule has 0 bridgehead atoms. The highest BCUT2D eigenvalue weighted by atomic mass is 19.1. The molecule has 1 nitrogen and oxygen atoms in total. The molecule has 1 aliphatic rings. The van der Waals surface area contributed by atoms with Gasteiger partial charge in [0, 0.05) is 12.2 Å². The summed E-state index contributed by atoms with van der Waals surface area (Å²) in [5.74, 6) is 0.674. The van der Waals surface area contributed by atoms with Crippen molar-refractivity contribution in [2.75, 3.05) is 11.9 Å². The molecule has 1 fully saturated rings. The monoisotopic (exact) mass is 235 g/mol. The van der Waals surface area contributed by atoms with Gasteiger partial charge in [-0.3, -0.25) is 0 Å². The molecule has 17 heavy (non-hydrogen) atoms. The van der Waals surface area contributed by atoms with Gasteiger partial charge >= 0.3 is 0 Å². The summed E-state index contributed by atoms with van der Waals surface area (Å²) in [5.41, 5.74) is 1.77. The first kappa shape index (κ1) is 12.4. The van der Waals surface area contributed by atoms with Crippen LogP contribution < -0.4 is 5.32 Å². The molecule has 1 aliphatic carbocycles. The van der Waals surface area contributed by atoms with Crippen molar-refractivity contribution >= 4 is 5.69 Å². The molecule has 1 aromatic rings. The fourth-order valence-electron chi connectivity index (χ4n) is 2.58. The number of anilines is 1. The van der Waals surface area contributed by atoms with E-state index in [1.165, 1.54) is 38.5 Å². The van der Waals surface area contributed by atoms with Gasteiger partial charge in [-0.25, -0.2) is 4.39 Å². The van der Waals surface area contributed by atoms with Crippen molar-refractivity contribution in [3.63, 3.8) is 0 Å². The number of benzene rings is 1. The largest absolute Gasteiger partial charge is 0.385 e. The van der Waals surface area contributed by atoms with Crippen LogP contribution in [0.15, 0.2) is 18.2 Å². The Kier molecular flexibility index (Phi) is 4.41. The third-order valence-electron chi connectivity index (χ3n) is 3.73. The molecule has 0 aliphatic heterocycles. The van der Waals surface area contributed by atoms with E-state index in [4.69, 9.17) is 0 Å². The zero-order valence-corrected chi connectivity index (χ0v) is 10.6. The quantitative estimate of drug-likeness (QED) is 0.760. The van der Waals surface area contributed by atoms with Crippen LogP contribution in [0.2, 0.25) is 0 Å². The lowest BCUT2D eigenvalue weighted by Gasteiger charge is -2.16. The van der Waals surface area contributed by atoms with E-state index in [0.717, 1.165) is 23.7 Å². The zero-order chi connectivity index (χ0) is 12.1. The van der Waals surface area contributed by atoms with Crippen LogP contribution in [-0.4, -0.2) is 6.54 Å². The molecule has 0 aromatic heterocycles. The summed E-state index contributed by atoms with van der Waals surface area (Å²) >= 11 is 0. The summed E-state index contributed by atoms with van der Waals surface area (Å²) in [6.45, 7) is 2.84. The van der Waals surface area contributed by atoms with E-state index >= 15 is 0 Å². The predicted molar refractivity (Wildman–Crippen MR) is 70.8 cm³/mol. The molecular weight excluding hydrogens is 213 g/mol. The standard InChI is InChI=1S/C15H22FN/c1-12-10-14(8-9-15(12)16)17-11-13-6-4-2-3-5-7-13/h8-10,13,17H,2-7,11H2,1H3. The predicted octanol–water partition coefficient (Wildman–Crippen LogP) is 4.52. The van der Waals surface area contributed by atoms with Crippen LogP contribution in [0.4, 0.5) is 10.1 Å². The highest BCUT2D eigenvalue weighted by Gasteiger charge is 2.11. The van der Waals surface area contributed by atoms with Crippen molar-refractivity contribution in [3.8, 4) is 0 Å². The number of aryl methyl sites for hydroxylation is 1. The molecule has 0 atom stereocenters. The Bertz CT molecular complexity index is 354. The SMILES string of the molecule is Cc1cc(NCC2CCCCCC2)ccc1F. The maximum atomic E-state index is 13.1. The van der Waals surface area contributed by atoms with Gasteiger partial charge in [-0.15, -0.1) is 0 Å². The third kappa shape index (κ3) is 3.72. The van der Waals surface area contributed by atoms with E-state index in [9.17, 15) is 4.39 Å². The summed E-state index contributed by atoms with van der Waals surface area (Å²) in [7, 11) is 0. The minimum Gasteiger partial charge on any atom is -0.385 e.